The maximum absolute atomic E-state index is 6.28. The van der Waals surface area contributed by atoms with Gasteiger partial charge in [-0.25, -0.2) is 0 Å². The Balaban J connectivity index is 1.93. The van der Waals surface area contributed by atoms with E-state index in [-0.39, 0.29) is 0 Å². The van der Waals surface area contributed by atoms with E-state index in [1.165, 1.54) is 11.1 Å². The van der Waals surface area contributed by atoms with Gasteiger partial charge in [-0.15, -0.1) is 0 Å². The molecule has 1 aromatic heterocycles. The Kier molecular flexibility index (Phi) is 3.00. The smallest absolute Gasteiger partial charge is 0.227 e. The number of halogens is 1. The summed E-state index contributed by atoms with van der Waals surface area (Å²) in [6.07, 6.45) is 2.97. The second-order valence-corrected chi connectivity index (χ2v) is 5.06. The standard InChI is InChI=1S/C14H15ClN2O/c1-16-14-11-8-9(6-7-13(11)17-18-14)10-4-2-3-5-12(10)15/h2-5,9,16H,6-8H2,1H3. The summed E-state index contributed by atoms with van der Waals surface area (Å²) in [6, 6.07) is 8.09. The fourth-order valence-corrected chi connectivity index (χ4v) is 2.97. The number of rotatable bonds is 2. The molecule has 0 saturated heterocycles. The Morgan fingerprint density at radius 2 is 2.22 bits per heavy atom. The van der Waals surface area contributed by atoms with Crippen molar-refractivity contribution >= 4 is 17.5 Å². The Labute approximate surface area is 111 Å². The second kappa shape index (κ2) is 4.65. The Morgan fingerprint density at radius 1 is 1.39 bits per heavy atom. The van der Waals surface area contributed by atoms with Gasteiger partial charge in [0.25, 0.3) is 0 Å². The van der Waals surface area contributed by atoms with Crippen LogP contribution in [0.15, 0.2) is 28.8 Å². The number of anilines is 1. The minimum atomic E-state index is 0.456. The fourth-order valence-electron chi connectivity index (χ4n) is 2.68. The van der Waals surface area contributed by atoms with Crippen LogP contribution >= 0.6 is 11.6 Å². The van der Waals surface area contributed by atoms with Crippen molar-refractivity contribution in [3.8, 4) is 0 Å². The van der Waals surface area contributed by atoms with Crippen LogP contribution in [-0.4, -0.2) is 12.2 Å². The van der Waals surface area contributed by atoms with Crippen LogP contribution < -0.4 is 5.32 Å². The first kappa shape index (κ1) is 11.6. The highest BCUT2D eigenvalue weighted by molar-refractivity contribution is 6.31. The van der Waals surface area contributed by atoms with Gasteiger partial charge in [-0.2, -0.15) is 0 Å². The van der Waals surface area contributed by atoms with E-state index >= 15 is 0 Å². The summed E-state index contributed by atoms with van der Waals surface area (Å²) < 4.78 is 5.29. The monoisotopic (exact) mass is 262 g/mol. The molecule has 1 aliphatic rings. The summed E-state index contributed by atoms with van der Waals surface area (Å²) >= 11 is 6.28. The molecule has 1 unspecified atom stereocenters. The van der Waals surface area contributed by atoms with Crippen LogP contribution in [0.25, 0.3) is 0 Å². The van der Waals surface area contributed by atoms with Gasteiger partial charge in [-0.3, -0.25) is 0 Å². The first-order valence-corrected chi connectivity index (χ1v) is 6.57. The minimum Gasteiger partial charge on any atom is -0.357 e. The van der Waals surface area contributed by atoms with Crippen molar-refractivity contribution in [1.82, 2.24) is 5.16 Å². The summed E-state index contributed by atoms with van der Waals surface area (Å²) in [4.78, 5) is 0. The van der Waals surface area contributed by atoms with Crippen LogP contribution in [-0.2, 0) is 12.8 Å². The Hall–Kier alpha value is -1.48. The molecular formula is C14H15ClN2O. The minimum absolute atomic E-state index is 0.456. The zero-order chi connectivity index (χ0) is 12.5. The first-order chi connectivity index (χ1) is 8.79. The van der Waals surface area contributed by atoms with Crippen molar-refractivity contribution in [2.75, 3.05) is 12.4 Å². The molecule has 0 bridgehead atoms. The molecule has 94 valence electrons. The highest BCUT2D eigenvalue weighted by Crippen LogP contribution is 2.38. The van der Waals surface area contributed by atoms with Crippen LogP contribution in [0.3, 0.4) is 0 Å². The first-order valence-electron chi connectivity index (χ1n) is 6.19. The molecule has 3 nitrogen and oxygen atoms in total. The summed E-state index contributed by atoms with van der Waals surface area (Å²) in [5, 5.41) is 8.02. The van der Waals surface area contributed by atoms with Gasteiger partial charge >= 0.3 is 0 Å². The third kappa shape index (κ3) is 1.89. The molecule has 18 heavy (non-hydrogen) atoms. The van der Waals surface area contributed by atoms with E-state index in [4.69, 9.17) is 16.1 Å². The molecule has 1 heterocycles. The number of hydrogen-bond donors (Lipinski definition) is 1. The summed E-state index contributed by atoms with van der Waals surface area (Å²) in [6.45, 7) is 0. The zero-order valence-electron chi connectivity index (χ0n) is 10.2. The number of benzene rings is 1. The highest BCUT2D eigenvalue weighted by atomic mass is 35.5. The number of fused-ring (bicyclic) bond motifs is 1. The number of aromatic nitrogens is 1. The van der Waals surface area contributed by atoms with Crippen LogP contribution in [0.5, 0.6) is 0 Å². The lowest BCUT2D eigenvalue weighted by Crippen LogP contribution is -2.13. The van der Waals surface area contributed by atoms with E-state index < -0.39 is 0 Å². The molecule has 0 amide bonds. The predicted octanol–water partition coefficient (Wildman–Crippen LogP) is 3.64. The fraction of sp³-hybridized carbons (Fsp3) is 0.357. The molecule has 1 aromatic carbocycles. The lowest BCUT2D eigenvalue weighted by molar-refractivity contribution is 0.424. The van der Waals surface area contributed by atoms with E-state index in [1.54, 1.807) is 0 Å². The van der Waals surface area contributed by atoms with Gasteiger partial charge < -0.3 is 9.84 Å². The van der Waals surface area contributed by atoms with Crippen molar-refractivity contribution in [2.45, 2.75) is 25.2 Å². The number of nitrogens with one attached hydrogen (secondary N) is 1. The van der Waals surface area contributed by atoms with E-state index in [9.17, 15) is 0 Å². The van der Waals surface area contributed by atoms with Gasteiger partial charge in [0.15, 0.2) is 0 Å². The molecule has 2 aromatic rings. The van der Waals surface area contributed by atoms with Gasteiger partial charge in [-0.05, 0) is 36.8 Å². The van der Waals surface area contributed by atoms with E-state index in [0.29, 0.717) is 5.92 Å². The number of nitrogens with zero attached hydrogens (tertiary/aromatic N) is 1. The lowest BCUT2D eigenvalue weighted by atomic mass is 9.82. The van der Waals surface area contributed by atoms with Crippen molar-refractivity contribution in [3.63, 3.8) is 0 Å². The van der Waals surface area contributed by atoms with Crippen molar-refractivity contribution in [2.24, 2.45) is 0 Å². The Morgan fingerprint density at radius 3 is 3.00 bits per heavy atom. The SMILES string of the molecule is CNc1onc2c1CC(c1ccccc1Cl)CC2. The van der Waals surface area contributed by atoms with Crippen molar-refractivity contribution in [3.05, 3.63) is 46.1 Å². The summed E-state index contributed by atoms with van der Waals surface area (Å²) in [5.41, 5.74) is 3.52. The normalized spacial score (nSPS) is 18.4. The van der Waals surface area contributed by atoms with Gasteiger partial charge in [0.05, 0.1) is 5.69 Å². The molecule has 0 spiro atoms. The van der Waals surface area contributed by atoms with Gasteiger partial charge in [0, 0.05) is 17.6 Å². The maximum Gasteiger partial charge on any atom is 0.227 e. The molecular weight excluding hydrogens is 248 g/mol. The molecule has 0 saturated carbocycles. The van der Waals surface area contributed by atoms with Crippen LogP contribution in [0.4, 0.5) is 5.88 Å². The second-order valence-electron chi connectivity index (χ2n) is 4.65. The van der Waals surface area contributed by atoms with Gasteiger partial charge in [0.1, 0.15) is 0 Å². The van der Waals surface area contributed by atoms with Gasteiger partial charge in [0.2, 0.25) is 5.88 Å². The van der Waals surface area contributed by atoms with Crippen molar-refractivity contribution < 1.29 is 4.52 Å². The number of aryl methyl sites for hydroxylation is 1. The van der Waals surface area contributed by atoms with Crippen LogP contribution in [0, 0.1) is 0 Å². The summed E-state index contributed by atoms with van der Waals surface area (Å²) in [7, 11) is 1.86. The Bertz CT molecular complexity index is 551. The number of hydrogen-bond acceptors (Lipinski definition) is 3. The lowest BCUT2D eigenvalue weighted by Gasteiger charge is -2.22. The summed E-state index contributed by atoms with van der Waals surface area (Å²) in [5.74, 6) is 1.25. The molecule has 0 aliphatic heterocycles. The molecule has 1 atom stereocenters. The average molecular weight is 263 g/mol. The van der Waals surface area contributed by atoms with Crippen molar-refractivity contribution in [1.29, 1.82) is 0 Å². The zero-order valence-corrected chi connectivity index (χ0v) is 11.0. The third-order valence-electron chi connectivity index (χ3n) is 3.62. The van der Waals surface area contributed by atoms with E-state index in [0.717, 1.165) is 35.9 Å². The molecule has 4 heteroatoms. The van der Waals surface area contributed by atoms with Gasteiger partial charge in [-0.1, -0.05) is 35.0 Å². The molecule has 3 rings (SSSR count). The van der Waals surface area contributed by atoms with Crippen LogP contribution in [0.2, 0.25) is 5.02 Å². The predicted molar refractivity (Wildman–Crippen MR) is 72.3 cm³/mol. The molecule has 0 fully saturated rings. The third-order valence-corrected chi connectivity index (χ3v) is 3.97. The average Bonchev–Trinajstić information content (AvgIpc) is 2.81. The highest BCUT2D eigenvalue weighted by Gasteiger charge is 2.27. The van der Waals surface area contributed by atoms with Crippen LogP contribution in [0.1, 0.15) is 29.2 Å². The molecule has 0 radical (unpaired) electrons. The maximum atomic E-state index is 6.28. The quantitative estimate of drug-likeness (QED) is 0.898. The molecule has 1 aliphatic carbocycles. The topological polar surface area (TPSA) is 38.1 Å². The van der Waals surface area contributed by atoms with E-state index in [2.05, 4.69) is 16.5 Å². The molecule has 1 N–H and O–H groups in total. The largest absolute Gasteiger partial charge is 0.357 e. The van der Waals surface area contributed by atoms with E-state index in [1.807, 2.05) is 25.2 Å².